The Labute approximate surface area is 115 Å². The quantitative estimate of drug-likeness (QED) is 0.567. The number of carbonyl (C=O) groups is 2. The fraction of sp³-hybridized carbons (Fsp3) is 0.833. The van der Waals surface area contributed by atoms with Crippen LogP contribution in [0.5, 0.6) is 0 Å². The van der Waals surface area contributed by atoms with Crippen molar-refractivity contribution in [3.63, 3.8) is 0 Å². The molecule has 6 heteroatoms. The Morgan fingerprint density at radius 2 is 1.83 bits per heavy atom. The fourth-order valence-corrected chi connectivity index (χ4v) is 1.26. The number of amides is 1. The zero-order valence-corrected chi connectivity index (χ0v) is 12.4. The molecule has 1 amide bonds. The fourth-order valence-electron chi connectivity index (χ4n) is 1.26. The number of hydrogen-bond acceptors (Lipinski definition) is 4. The van der Waals surface area contributed by atoms with Crippen LogP contribution in [0.15, 0.2) is 0 Å². The molecule has 0 rings (SSSR count). The SMILES string of the molecule is COC(=O)[C@H](CCCCN)NC(=O)C(C)(C)C.Cl. The van der Waals surface area contributed by atoms with Crippen LogP contribution in [0.3, 0.4) is 0 Å². The molecule has 5 nitrogen and oxygen atoms in total. The van der Waals surface area contributed by atoms with Crippen LogP contribution in [0.1, 0.15) is 40.0 Å². The van der Waals surface area contributed by atoms with Crippen molar-refractivity contribution < 1.29 is 14.3 Å². The predicted molar refractivity (Wildman–Crippen MR) is 73.6 cm³/mol. The van der Waals surface area contributed by atoms with Crippen molar-refractivity contribution in [2.24, 2.45) is 11.1 Å². The van der Waals surface area contributed by atoms with Crippen molar-refractivity contribution >= 4 is 24.3 Å². The van der Waals surface area contributed by atoms with Crippen molar-refractivity contribution in [1.29, 1.82) is 0 Å². The summed E-state index contributed by atoms with van der Waals surface area (Å²) in [5, 5.41) is 2.71. The standard InChI is InChI=1S/C12H24N2O3.ClH/c1-12(2,3)11(16)14-9(10(15)17-4)7-5-6-8-13;/h9H,5-8,13H2,1-4H3,(H,14,16);1H/t9-;/m0./s1. The molecule has 0 fully saturated rings. The average molecular weight is 281 g/mol. The van der Waals surface area contributed by atoms with Gasteiger partial charge in [-0.25, -0.2) is 4.79 Å². The third kappa shape index (κ3) is 7.50. The number of hydrogen-bond donors (Lipinski definition) is 2. The third-order valence-corrected chi connectivity index (χ3v) is 2.42. The van der Waals surface area contributed by atoms with E-state index in [2.05, 4.69) is 10.1 Å². The van der Waals surface area contributed by atoms with Gasteiger partial charge in [-0.15, -0.1) is 12.4 Å². The Balaban J connectivity index is 0. The molecule has 0 radical (unpaired) electrons. The van der Waals surface area contributed by atoms with Gasteiger partial charge in [0.25, 0.3) is 0 Å². The van der Waals surface area contributed by atoms with E-state index in [1.165, 1.54) is 7.11 Å². The predicted octanol–water partition coefficient (Wildman–Crippen LogP) is 1.24. The van der Waals surface area contributed by atoms with Crippen LogP contribution < -0.4 is 11.1 Å². The average Bonchev–Trinajstić information content (AvgIpc) is 2.25. The molecule has 0 saturated carbocycles. The Hall–Kier alpha value is -0.810. The highest BCUT2D eigenvalue weighted by Gasteiger charge is 2.27. The van der Waals surface area contributed by atoms with Crippen LogP contribution in [-0.4, -0.2) is 31.6 Å². The molecule has 0 aromatic rings. The van der Waals surface area contributed by atoms with Crippen molar-refractivity contribution in [3.05, 3.63) is 0 Å². The number of ether oxygens (including phenoxy) is 1. The molecule has 3 N–H and O–H groups in total. The first-order valence-corrected chi connectivity index (χ1v) is 5.91. The highest BCUT2D eigenvalue weighted by Crippen LogP contribution is 2.14. The zero-order valence-electron chi connectivity index (χ0n) is 11.6. The molecule has 0 aromatic heterocycles. The van der Waals surface area contributed by atoms with Crippen molar-refractivity contribution in [1.82, 2.24) is 5.32 Å². The number of carbonyl (C=O) groups excluding carboxylic acids is 2. The largest absolute Gasteiger partial charge is 0.467 e. The van der Waals surface area contributed by atoms with Gasteiger partial charge in [0.1, 0.15) is 6.04 Å². The highest BCUT2D eigenvalue weighted by molar-refractivity contribution is 5.87. The molecular formula is C12H25ClN2O3. The second-order valence-corrected chi connectivity index (χ2v) is 5.08. The highest BCUT2D eigenvalue weighted by atomic mass is 35.5. The molecule has 0 aliphatic carbocycles. The molecule has 0 unspecified atom stereocenters. The summed E-state index contributed by atoms with van der Waals surface area (Å²) in [4.78, 5) is 23.3. The lowest BCUT2D eigenvalue weighted by molar-refractivity contribution is -0.146. The molecule has 0 spiro atoms. The topological polar surface area (TPSA) is 81.4 Å². The normalized spacial score (nSPS) is 12.3. The molecule has 0 saturated heterocycles. The van der Waals surface area contributed by atoms with E-state index < -0.39 is 17.4 Å². The van der Waals surface area contributed by atoms with E-state index >= 15 is 0 Å². The summed E-state index contributed by atoms with van der Waals surface area (Å²) in [6.07, 6.45) is 2.19. The van der Waals surface area contributed by atoms with Crippen molar-refractivity contribution in [3.8, 4) is 0 Å². The van der Waals surface area contributed by atoms with E-state index in [1.807, 2.05) is 0 Å². The Morgan fingerprint density at radius 3 is 2.22 bits per heavy atom. The van der Waals surface area contributed by atoms with Gasteiger partial charge in [-0.3, -0.25) is 4.79 Å². The lowest BCUT2D eigenvalue weighted by atomic mass is 9.95. The lowest BCUT2D eigenvalue weighted by Gasteiger charge is -2.22. The van der Waals surface area contributed by atoms with E-state index in [0.717, 1.165) is 12.8 Å². The van der Waals surface area contributed by atoms with Gasteiger partial charge in [-0.2, -0.15) is 0 Å². The molecule has 108 valence electrons. The minimum Gasteiger partial charge on any atom is -0.467 e. The van der Waals surface area contributed by atoms with Crippen LogP contribution in [0.4, 0.5) is 0 Å². The molecule has 0 bridgehead atoms. The summed E-state index contributed by atoms with van der Waals surface area (Å²) in [5.41, 5.74) is 4.88. The van der Waals surface area contributed by atoms with Crippen LogP contribution in [0.2, 0.25) is 0 Å². The van der Waals surface area contributed by atoms with E-state index in [9.17, 15) is 9.59 Å². The van der Waals surface area contributed by atoms with Gasteiger partial charge in [0.05, 0.1) is 7.11 Å². The molecular weight excluding hydrogens is 256 g/mol. The maximum Gasteiger partial charge on any atom is 0.328 e. The summed E-state index contributed by atoms with van der Waals surface area (Å²) in [7, 11) is 1.32. The maximum absolute atomic E-state index is 11.8. The van der Waals surface area contributed by atoms with Crippen molar-refractivity contribution in [2.45, 2.75) is 46.1 Å². The molecule has 0 aromatic carbocycles. The lowest BCUT2D eigenvalue weighted by Crippen LogP contribution is -2.46. The van der Waals surface area contributed by atoms with Gasteiger partial charge < -0.3 is 15.8 Å². The minimum absolute atomic E-state index is 0. The van der Waals surface area contributed by atoms with Crippen LogP contribution in [-0.2, 0) is 14.3 Å². The zero-order chi connectivity index (χ0) is 13.5. The van der Waals surface area contributed by atoms with E-state index in [-0.39, 0.29) is 18.3 Å². The number of nitrogens with one attached hydrogen (secondary N) is 1. The van der Waals surface area contributed by atoms with E-state index in [0.29, 0.717) is 13.0 Å². The number of methoxy groups -OCH3 is 1. The first kappa shape index (κ1) is 19.5. The second kappa shape index (κ2) is 9.16. The first-order chi connectivity index (χ1) is 7.82. The summed E-state index contributed by atoms with van der Waals surface area (Å²) >= 11 is 0. The van der Waals surface area contributed by atoms with Gasteiger partial charge in [0, 0.05) is 5.41 Å². The smallest absolute Gasteiger partial charge is 0.328 e. The number of rotatable bonds is 6. The van der Waals surface area contributed by atoms with Crippen molar-refractivity contribution in [2.75, 3.05) is 13.7 Å². The van der Waals surface area contributed by atoms with Crippen LogP contribution >= 0.6 is 12.4 Å². The van der Waals surface area contributed by atoms with Crippen LogP contribution in [0, 0.1) is 5.41 Å². The first-order valence-electron chi connectivity index (χ1n) is 5.91. The third-order valence-electron chi connectivity index (χ3n) is 2.42. The monoisotopic (exact) mass is 280 g/mol. The maximum atomic E-state index is 11.8. The van der Waals surface area contributed by atoms with Gasteiger partial charge in [0.2, 0.25) is 5.91 Å². The molecule has 0 heterocycles. The van der Waals surface area contributed by atoms with E-state index in [4.69, 9.17) is 5.73 Å². The molecule has 18 heavy (non-hydrogen) atoms. The second-order valence-electron chi connectivity index (χ2n) is 5.08. The van der Waals surface area contributed by atoms with Gasteiger partial charge in [0.15, 0.2) is 0 Å². The number of halogens is 1. The van der Waals surface area contributed by atoms with Gasteiger partial charge in [-0.05, 0) is 25.8 Å². The van der Waals surface area contributed by atoms with Gasteiger partial charge in [-0.1, -0.05) is 20.8 Å². The van der Waals surface area contributed by atoms with Gasteiger partial charge >= 0.3 is 5.97 Å². The summed E-state index contributed by atoms with van der Waals surface area (Å²) in [6.45, 7) is 5.99. The summed E-state index contributed by atoms with van der Waals surface area (Å²) in [6, 6.07) is -0.571. The van der Waals surface area contributed by atoms with Crippen LogP contribution in [0.25, 0.3) is 0 Å². The number of nitrogens with two attached hydrogens (primary N) is 1. The Morgan fingerprint density at radius 1 is 1.28 bits per heavy atom. The molecule has 1 atom stereocenters. The Kier molecular flexibility index (Phi) is 9.94. The minimum atomic E-state index is -0.571. The molecule has 0 aliphatic rings. The number of unbranched alkanes of at least 4 members (excludes halogenated alkanes) is 1. The summed E-state index contributed by atoms with van der Waals surface area (Å²) < 4.78 is 4.67. The van der Waals surface area contributed by atoms with E-state index in [1.54, 1.807) is 20.8 Å². The summed E-state index contributed by atoms with van der Waals surface area (Å²) in [5.74, 6) is -0.555. The molecule has 0 aliphatic heterocycles. The number of esters is 1. The Bertz CT molecular complexity index is 265.